The second-order valence-corrected chi connectivity index (χ2v) is 5.69. The van der Waals surface area contributed by atoms with E-state index in [0.29, 0.717) is 12.0 Å². The van der Waals surface area contributed by atoms with Gasteiger partial charge in [0.05, 0.1) is 0 Å². The van der Waals surface area contributed by atoms with Gasteiger partial charge in [0.25, 0.3) is 0 Å². The summed E-state index contributed by atoms with van der Waals surface area (Å²) in [7, 11) is 0. The Kier molecular flexibility index (Phi) is 6.12. The van der Waals surface area contributed by atoms with Crippen LogP contribution in [0.15, 0.2) is 0 Å². The van der Waals surface area contributed by atoms with Gasteiger partial charge in [-0.3, -0.25) is 4.79 Å². The van der Waals surface area contributed by atoms with Gasteiger partial charge in [-0.25, -0.2) is 4.79 Å². The zero-order chi connectivity index (χ0) is 14.3. The van der Waals surface area contributed by atoms with Crippen LogP contribution in [0.2, 0.25) is 0 Å². The summed E-state index contributed by atoms with van der Waals surface area (Å²) in [6, 6.07) is -0.175. The lowest BCUT2D eigenvalue weighted by Crippen LogP contribution is -2.41. The average molecular weight is 270 g/mol. The molecule has 0 heterocycles. The summed E-state index contributed by atoms with van der Waals surface area (Å²) in [5.74, 6) is -0.803. The lowest BCUT2D eigenvalue weighted by Gasteiger charge is -2.17. The van der Waals surface area contributed by atoms with Crippen LogP contribution in [0.3, 0.4) is 0 Å². The van der Waals surface area contributed by atoms with Crippen molar-refractivity contribution < 1.29 is 14.7 Å². The molecular formula is C14H26N2O3. The highest BCUT2D eigenvalue weighted by molar-refractivity contribution is 5.74. The number of carbonyl (C=O) groups excluding carboxylic acids is 1. The molecule has 0 saturated heterocycles. The molecule has 0 aromatic carbocycles. The smallest absolute Gasteiger partial charge is 0.314 e. The quantitative estimate of drug-likeness (QED) is 0.602. The molecule has 1 rings (SSSR count). The van der Waals surface area contributed by atoms with Gasteiger partial charge in [-0.05, 0) is 30.6 Å². The van der Waals surface area contributed by atoms with Crippen LogP contribution in [0.5, 0.6) is 0 Å². The highest BCUT2D eigenvalue weighted by atomic mass is 16.4. The van der Waals surface area contributed by atoms with E-state index in [1.54, 1.807) is 0 Å². The Morgan fingerprint density at radius 3 is 2.42 bits per heavy atom. The fraction of sp³-hybridized carbons (Fsp3) is 0.857. The Morgan fingerprint density at radius 2 is 1.95 bits per heavy atom. The van der Waals surface area contributed by atoms with Crippen molar-refractivity contribution in [2.24, 2.45) is 11.3 Å². The highest BCUT2D eigenvalue weighted by Crippen LogP contribution is 2.48. The molecule has 0 aromatic rings. The summed E-state index contributed by atoms with van der Waals surface area (Å²) in [5.41, 5.74) is 0.345. The summed E-state index contributed by atoms with van der Waals surface area (Å²) >= 11 is 0. The molecule has 2 amide bonds. The first-order chi connectivity index (χ1) is 9.01. The molecule has 19 heavy (non-hydrogen) atoms. The van der Waals surface area contributed by atoms with Crippen LogP contribution in [0.25, 0.3) is 0 Å². The van der Waals surface area contributed by atoms with Crippen molar-refractivity contribution >= 4 is 12.0 Å². The first kappa shape index (κ1) is 15.8. The van der Waals surface area contributed by atoms with Gasteiger partial charge in [-0.1, -0.05) is 26.7 Å². The lowest BCUT2D eigenvalue weighted by atomic mass is 10.0. The number of rotatable bonds is 9. The third kappa shape index (κ3) is 5.94. The number of aliphatic carboxylic acids is 1. The van der Waals surface area contributed by atoms with E-state index in [0.717, 1.165) is 19.4 Å². The predicted octanol–water partition coefficient (Wildman–Crippen LogP) is 2.37. The standard InChI is InChI=1S/C14H26N2O3/c1-3-5-14(6-7-14)10-16-13(19)15-9-11(4-2)8-12(17)18/h11H,3-10H2,1-2H3,(H,17,18)(H2,15,16,19). The summed E-state index contributed by atoms with van der Waals surface area (Å²) < 4.78 is 0. The Bertz CT molecular complexity index is 314. The van der Waals surface area contributed by atoms with Gasteiger partial charge in [-0.2, -0.15) is 0 Å². The van der Waals surface area contributed by atoms with Gasteiger partial charge in [0.2, 0.25) is 0 Å². The van der Waals surface area contributed by atoms with E-state index in [-0.39, 0.29) is 18.4 Å². The van der Waals surface area contributed by atoms with E-state index < -0.39 is 5.97 Å². The van der Waals surface area contributed by atoms with Crippen molar-refractivity contribution in [3.05, 3.63) is 0 Å². The van der Waals surface area contributed by atoms with Gasteiger partial charge in [0, 0.05) is 19.5 Å². The topological polar surface area (TPSA) is 78.4 Å². The number of urea groups is 1. The molecule has 0 bridgehead atoms. The zero-order valence-electron chi connectivity index (χ0n) is 12.0. The third-order valence-electron chi connectivity index (χ3n) is 3.95. The van der Waals surface area contributed by atoms with Crippen LogP contribution >= 0.6 is 0 Å². The number of amides is 2. The van der Waals surface area contributed by atoms with E-state index >= 15 is 0 Å². The molecule has 5 heteroatoms. The first-order valence-electron chi connectivity index (χ1n) is 7.25. The SMILES string of the molecule is CCCC1(CNC(=O)NCC(CC)CC(=O)O)CC1. The molecule has 1 atom stereocenters. The molecule has 1 saturated carbocycles. The Labute approximate surface area is 115 Å². The lowest BCUT2D eigenvalue weighted by molar-refractivity contribution is -0.138. The number of hydrogen-bond acceptors (Lipinski definition) is 2. The molecule has 3 N–H and O–H groups in total. The maximum atomic E-state index is 11.7. The van der Waals surface area contributed by atoms with Crippen molar-refractivity contribution in [2.75, 3.05) is 13.1 Å². The summed E-state index contributed by atoms with van der Waals surface area (Å²) in [6.07, 6.45) is 5.60. The van der Waals surface area contributed by atoms with Crippen LogP contribution < -0.4 is 10.6 Å². The zero-order valence-corrected chi connectivity index (χ0v) is 12.0. The molecule has 0 aromatic heterocycles. The summed E-state index contributed by atoms with van der Waals surface area (Å²) in [5, 5.41) is 14.4. The largest absolute Gasteiger partial charge is 0.481 e. The minimum Gasteiger partial charge on any atom is -0.481 e. The van der Waals surface area contributed by atoms with Gasteiger partial charge < -0.3 is 15.7 Å². The van der Waals surface area contributed by atoms with Crippen molar-refractivity contribution in [3.63, 3.8) is 0 Å². The third-order valence-corrected chi connectivity index (χ3v) is 3.95. The maximum Gasteiger partial charge on any atom is 0.314 e. The minimum atomic E-state index is -0.811. The molecule has 1 aliphatic carbocycles. The van der Waals surface area contributed by atoms with Gasteiger partial charge in [0.15, 0.2) is 0 Å². The second kappa shape index (κ2) is 7.36. The molecule has 0 spiro atoms. The second-order valence-electron chi connectivity index (χ2n) is 5.69. The van der Waals surface area contributed by atoms with Crippen LogP contribution in [-0.2, 0) is 4.79 Å². The average Bonchev–Trinajstić information content (AvgIpc) is 3.12. The van der Waals surface area contributed by atoms with Crippen molar-refractivity contribution in [1.82, 2.24) is 10.6 Å². The first-order valence-corrected chi connectivity index (χ1v) is 7.25. The van der Waals surface area contributed by atoms with Crippen molar-refractivity contribution in [1.29, 1.82) is 0 Å². The van der Waals surface area contributed by atoms with Gasteiger partial charge in [0.1, 0.15) is 0 Å². The van der Waals surface area contributed by atoms with Crippen LogP contribution in [0.1, 0.15) is 52.4 Å². The fourth-order valence-electron chi connectivity index (χ4n) is 2.40. The molecule has 1 fully saturated rings. The van der Waals surface area contributed by atoms with Crippen LogP contribution in [-0.4, -0.2) is 30.2 Å². The van der Waals surface area contributed by atoms with Crippen LogP contribution in [0, 0.1) is 11.3 Å². The van der Waals surface area contributed by atoms with E-state index in [1.165, 1.54) is 19.3 Å². The van der Waals surface area contributed by atoms with Gasteiger partial charge in [-0.15, -0.1) is 0 Å². The predicted molar refractivity (Wildman–Crippen MR) is 74.0 cm³/mol. The molecular weight excluding hydrogens is 244 g/mol. The molecule has 0 aliphatic heterocycles. The number of hydrogen-bond donors (Lipinski definition) is 3. The van der Waals surface area contributed by atoms with E-state index in [4.69, 9.17) is 5.11 Å². The number of carboxylic acid groups (broad SMARTS) is 1. The Hall–Kier alpha value is -1.26. The van der Waals surface area contributed by atoms with E-state index in [9.17, 15) is 9.59 Å². The van der Waals surface area contributed by atoms with E-state index in [1.807, 2.05) is 6.92 Å². The summed E-state index contributed by atoms with van der Waals surface area (Å²) in [6.45, 7) is 5.27. The molecule has 5 nitrogen and oxygen atoms in total. The normalized spacial score (nSPS) is 17.6. The Balaban J connectivity index is 2.18. The van der Waals surface area contributed by atoms with Crippen molar-refractivity contribution in [2.45, 2.75) is 52.4 Å². The van der Waals surface area contributed by atoms with Gasteiger partial charge >= 0.3 is 12.0 Å². The maximum absolute atomic E-state index is 11.7. The monoisotopic (exact) mass is 270 g/mol. The number of carboxylic acids is 1. The molecule has 110 valence electrons. The van der Waals surface area contributed by atoms with Crippen molar-refractivity contribution in [3.8, 4) is 0 Å². The fourth-order valence-corrected chi connectivity index (χ4v) is 2.40. The highest BCUT2D eigenvalue weighted by Gasteiger charge is 2.41. The van der Waals surface area contributed by atoms with E-state index in [2.05, 4.69) is 17.6 Å². The Morgan fingerprint density at radius 1 is 1.26 bits per heavy atom. The number of carbonyl (C=O) groups is 2. The molecule has 0 radical (unpaired) electrons. The summed E-state index contributed by atoms with van der Waals surface area (Å²) in [4.78, 5) is 22.3. The van der Waals surface area contributed by atoms with Crippen LogP contribution in [0.4, 0.5) is 4.79 Å². The molecule has 1 aliphatic rings. The minimum absolute atomic E-state index is 0.00813. The number of nitrogens with one attached hydrogen (secondary N) is 2. The molecule has 1 unspecified atom stereocenters.